The number of rotatable bonds is 10. The number of phenolic OH excluding ortho intramolecular Hbond substituents is 1. The summed E-state index contributed by atoms with van der Waals surface area (Å²) in [4.78, 5) is 9.89. The molecule has 0 saturated heterocycles. The molecule has 0 aliphatic rings. The van der Waals surface area contributed by atoms with E-state index in [1.807, 2.05) is 0 Å². The summed E-state index contributed by atoms with van der Waals surface area (Å²) in [6.07, 6.45) is 0. The Labute approximate surface area is 286 Å². The molecular formula is C26H19Cl2N7O11S3. The van der Waals surface area contributed by atoms with Gasteiger partial charge in [-0.25, -0.2) is 0 Å². The van der Waals surface area contributed by atoms with Crippen molar-refractivity contribution in [3.8, 4) is 11.5 Å². The number of nitrogens with zero attached hydrogens (tertiary/aromatic N) is 5. The molecular weight excluding hydrogens is 753 g/mol. The van der Waals surface area contributed by atoms with Crippen molar-refractivity contribution in [2.24, 2.45) is 10.2 Å². The zero-order valence-electron chi connectivity index (χ0n) is 24.1. The summed E-state index contributed by atoms with van der Waals surface area (Å²) >= 11 is 12.2. The number of benzene rings is 4. The minimum atomic E-state index is -5.07. The van der Waals surface area contributed by atoms with Crippen LogP contribution in [0.2, 0.25) is 10.3 Å². The van der Waals surface area contributed by atoms with Gasteiger partial charge in [-0.3, -0.25) is 13.7 Å². The highest BCUT2D eigenvalue weighted by Gasteiger charge is 2.23. The van der Waals surface area contributed by atoms with Crippen LogP contribution < -0.4 is 15.4 Å². The van der Waals surface area contributed by atoms with Gasteiger partial charge in [0.25, 0.3) is 30.4 Å². The number of hydrogen-bond acceptors (Lipinski definition) is 15. The van der Waals surface area contributed by atoms with Crippen molar-refractivity contribution >= 4 is 99.0 Å². The van der Waals surface area contributed by atoms with E-state index in [0.29, 0.717) is 0 Å². The number of hydrogen-bond donors (Lipinski definition) is 6. The van der Waals surface area contributed by atoms with Crippen molar-refractivity contribution in [3.63, 3.8) is 0 Å². The van der Waals surface area contributed by atoms with Crippen molar-refractivity contribution in [3.05, 3.63) is 71.0 Å². The second kappa shape index (κ2) is 13.3. The van der Waals surface area contributed by atoms with Crippen LogP contribution in [-0.2, 0) is 30.4 Å². The van der Waals surface area contributed by atoms with Gasteiger partial charge in [0, 0.05) is 17.1 Å². The SMILES string of the molecule is COc1ccc(N=Nc2c(S(=O)(=O)O)cc3cc(Nc4nc(Cl)nc(Nc5cc(S(=O)(=O)O)ccc5Cl)n4)ccc3c2O)c(S(=O)(=O)O)c1. The van der Waals surface area contributed by atoms with Crippen LogP contribution in [0.1, 0.15) is 0 Å². The number of ether oxygens (including phenoxy) is 1. The Bertz CT molecular complexity index is 2520. The maximum Gasteiger partial charge on any atom is 0.296 e. The van der Waals surface area contributed by atoms with Crippen molar-refractivity contribution in [1.82, 2.24) is 15.0 Å². The van der Waals surface area contributed by atoms with E-state index in [9.17, 15) is 44.0 Å². The monoisotopic (exact) mass is 771 g/mol. The van der Waals surface area contributed by atoms with E-state index in [1.165, 1.54) is 37.4 Å². The first-order chi connectivity index (χ1) is 22.8. The lowest BCUT2D eigenvalue weighted by Gasteiger charge is -2.12. The molecule has 256 valence electrons. The van der Waals surface area contributed by atoms with Crippen LogP contribution >= 0.6 is 23.2 Å². The molecule has 0 unspecified atom stereocenters. The molecule has 0 aliphatic carbocycles. The zero-order chi connectivity index (χ0) is 35.9. The van der Waals surface area contributed by atoms with Crippen molar-refractivity contribution in [2.75, 3.05) is 17.7 Å². The van der Waals surface area contributed by atoms with Crippen LogP contribution in [0.15, 0.2) is 85.6 Å². The molecule has 0 spiro atoms. The van der Waals surface area contributed by atoms with Gasteiger partial charge in [0.15, 0.2) is 5.75 Å². The first-order valence-corrected chi connectivity index (χ1v) is 18.0. The Hall–Kier alpha value is -4.74. The number of methoxy groups -OCH3 is 1. The van der Waals surface area contributed by atoms with Crippen LogP contribution in [0.5, 0.6) is 11.5 Å². The Morgan fingerprint density at radius 2 is 1.41 bits per heavy atom. The number of aromatic nitrogens is 3. The van der Waals surface area contributed by atoms with E-state index in [2.05, 4.69) is 35.8 Å². The van der Waals surface area contributed by atoms with Gasteiger partial charge in [0.05, 0.1) is 22.7 Å². The van der Waals surface area contributed by atoms with Crippen molar-refractivity contribution in [2.45, 2.75) is 14.7 Å². The summed E-state index contributed by atoms with van der Waals surface area (Å²) in [5, 5.41) is 23.6. The normalized spacial score (nSPS) is 12.4. The molecule has 5 aromatic rings. The molecule has 0 fully saturated rings. The van der Waals surface area contributed by atoms with Gasteiger partial charge < -0.3 is 20.5 Å². The summed E-state index contributed by atoms with van der Waals surface area (Å²) in [5.74, 6) is -1.08. The molecule has 6 N–H and O–H groups in total. The molecule has 5 rings (SSSR count). The van der Waals surface area contributed by atoms with E-state index in [-0.39, 0.29) is 50.1 Å². The minimum absolute atomic E-state index is 0.00177. The van der Waals surface area contributed by atoms with Crippen LogP contribution in [0.4, 0.5) is 34.6 Å². The predicted molar refractivity (Wildman–Crippen MR) is 175 cm³/mol. The molecule has 0 aliphatic heterocycles. The van der Waals surface area contributed by atoms with Gasteiger partial charge in [0.1, 0.15) is 26.9 Å². The highest BCUT2D eigenvalue weighted by atomic mass is 35.5. The largest absolute Gasteiger partial charge is 0.505 e. The Morgan fingerprint density at radius 1 is 0.735 bits per heavy atom. The standard InChI is InChI=1S/C26H19Cl2N7O11S3/c1-46-14-3-7-18(20(10-14)48(40,41)42)34-35-22-21(49(43,44)45)9-12-8-13(2-5-16(12)23(22)36)29-25-31-24(28)32-26(33-25)30-19-11-15(47(37,38)39)4-6-17(19)27/h2-11,36H,1H3,(H,37,38,39)(H,40,41,42)(H,43,44,45)(H2,29,30,31,32,33). The van der Waals surface area contributed by atoms with Gasteiger partial charge in [-0.15, -0.1) is 10.2 Å². The second-order valence-corrected chi connectivity index (χ2v) is 14.6. The second-order valence-electron chi connectivity index (χ2n) is 9.61. The van der Waals surface area contributed by atoms with E-state index in [1.54, 1.807) is 0 Å². The number of fused-ring (bicyclic) bond motifs is 1. The maximum atomic E-state index is 12.3. The summed E-state index contributed by atoms with van der Waals surface area (Å²) in [5.41, 5.74) is -0.984. The number of aromatic hydroxyl groups is 1. The van der Waals surface area contributed by atoms with E-state index >= 15 is 0 Å². The highest BCUT2D eigenvalue weighted by Crippen LogP contribution is 2.43. The Morgan fingerprint density at radius 3 is 2.04 bits per heavy atom. The molecule has 18 nitrogen and oxygen atoms in total. The first kappa shape index (κ1) is 35.6. The average molecular weight is 773 g/mol. The predicted octanol–water partition coefficient (Wildman–Crippen LogP) is 5.69. The molecule has 0 amide bonds. The van der Waals surface area contributed by atoms with E-state index in [4.69, 9.17) is 27.9 Å². The highest BCUT2D eigenvalue weighted by molar-refractivity contribution is 7.86. The lowest BCUT2D eigenvalue weighted by molar-refractivity contribution is 0.412. The lowest BCUT2D eigenvalue weighted by Crippen LogP contribution is -2.05. The minimum Gasteiger partial charge on any atom is -0.505 e. The molecule has 0 bridgehead atoms. The molecule has 1 heterocycles. The van der Waals surface area contributed by atoms with Crippen LogP contribution in [0.3, 0.4) is 0 Å². The Balaban J connectivity index is 1.52. The number of nitrogens with one attached hydrogen (secondary N) is 2. The molecule has 0 saturated carbocycles. The Kier molecular flexibility index (Phi) is 9.64. The molecule has 23 heteroatoms. The summed E-state index contributed by atoms with van der Waals surface area (Å²) in [7, 11) is -13.2. The quantitative estimate of drug-likeness (QED) is 0.0734. The third kappa shape index (κ3) is 8.12. The number of phenols is 1. The summed E-state index contributed by atoms with van der Waals surface area (Å²) in [6.45, 7) is 0. The zero-order valence-corrected chi connectivity index (χ0v) is 28.1. The first-order valence-electron chi connectivity index (χ1n) is 12.9. The fourth-order valence-corrected chi connectivity index (χ4v) is 6.34. The molecule has 0 atom stereocenters. The van der Waals surface area contributed by atoms with Crippen LogP contribution in [0, 0.1) is 0 Å². The van der Waals surface area contributed by atoms with Gasteiger partial charge in [-0.1, -0.05) is 11.6 Å². The van der Waals surface area contributed by atoms with Gasteiger partial charge in [-0.2, -0.15) is 40.2 Å². The number of azo groups is 1. The fraction of sp³-hybridized carbons (Fsp3) is 0.0385. The van der Waals surface area contributed by atoms with Crippen molar-refractivity contribution < 1.29 is 48.8 Å². The van der Waals surface area contributed by atoms with E-state index < -0.39 is 62.2 Å². The number of anilines is 4. The van der Waals surface area contributed by atoms with E-state index in [0.717, 1.165) is 30.3 Å². The third-order valence-corrected chi connectivity index (χ3v) is 9.48. The fourth-order valence-electron chi connectivity index (χ4n) is 4.21. The van der Waals surface area contributed by atoms with Gasteiger partial charge >= 0.3 is 0 Å². The average Bonchev–Trinajstić information content (AvgIpc) is 2.99. The smallest absolute Gasteiger partial charge is 0.296 e. The van der Waals surface area contributed by atoms with Gasteiger partial charge in [-0.05, 0) is 71.6 Å². The lowest BCUT2D eigenvalue weighted by atomic mass is 10.1. The molecule has 49 heavy (non-hydrogen) atoms. The molecule has 4 aromatic carbocycles. The molecule has 1 aromatic heterocycles. The van der Waals surface area contributed by atoms with Crippen LogP contribution in [0.25, 0.3) is 10.8 Å². The van der Waals surface area contributed by atoms with Crippen LogP contribution in [-0.4, -0.2) is 66.1 Å². The van der Waals surface area contributed by atoms with Crippen molar-refractivity contribution in [1.29, 1.82) is 0 Å². The topological polar surface area (TPSA) is 280 Å². The maximum absolute atomic E-state index is 12.3. The summed E-state index contributed by atoms with van der Waals surface area (Å²) < 4.78 is 105. The number of halogens is 2. The summed E-state index contributed by atoms with van der Waals surface area (Å²) in [6, 6.07) is 11.7. The molecule has 0 radical (unpaired) electrons. The third-order valence-electron chi connectivity index (χ3n) is 6.38. The van der Waals surface area contributed by atoms with Gasteiger partial charge in [0.2, 0.25) is 17.2 Å².